The smallest absolute Gasteiger partial charge is 0.231 e. The molecule has 0 aromatic heterocycles. The van der Waals surface area contributed by atoms with Crippen LogP contribution in [0.15, 0.2) is 47.6 Å². The minimum Gasteiger partial charge on any atom is -0.369 e. The number of hydrogen-bond acceptors (Lipinski definition) is 7. The molecule has 6 rings (SSSR count). The Bertz CT molecular complexity index is 1340. The fourth-order valence-corrected chi connectivity index (χ4v) is 7.26. The van der Waals surface area contributed by atoms with Gasteiger partial charge in [-0.2, -0.15) is 5.10 Å². The number of aryl methyl sites for hydroxylation is 2. The van der Waals surface area contributed by atoms with E-state index in [1.54, 1.807) is 0 Å². The summed E-state index contributed by atoms with van der Waals surface area (Å²) >= 11 is 6.23. The number of fused-ring (bicyclic) bond motifs is 3. The van der Waals surface area contributed by atoms with Gasteiger partial charge < -0.3 is 15.1 Å². The van der Waals surface area contributed by atoms with E-state index in [1.165, 1.54) is 16.8 Å². The molecule has 43 heavy (non-hydrogen) atoms. The number of nitrogens with one attached hydrogen (secondary N) is 2. The van der Waals surface area contributed by atoms with Gasteiger partial charge >= 0.3 is 0 Å². The molecule has 3 atom stereocenters. The second-order valence-corrected chi connectivity index (χ2v) is 12.9. The zero-order chi connectivity index (χ0) is 29.9. The van der Waals surface area contributed by atoms with Crippen molar-refractivity contribution in [3.8, 4) is 0 Å². The third-order valence-electron chi connectivity index (χ3n) is 9.54. The van der Waals surface area contributed by atoms with Crippen molar-refractivity contribution in [1.82, 2.24) is 25.4 Å². The number of halogens is 1. The fraction of sp³-hybridized carbons (Fsp3) is 0.545. The Labute approximate surface area is 260 Å². The van der Waals surface area contributed by atoms with Crippen molar-refractivity contribution in [1.29, 1.82) is 0 Å². The van der Waals surface area contributed by atoms with Crippen molar-refractivity contribution < 1.29 is 9.59 Å². The monoisotopic (exact) mass is 605 g/mol. The van der Waals surface area contributed by atoms with E-state index in [0.29, 0.717) is 25.9 Å². The SMILES string of the molecule is Cc1ccc(CN2C(=O)C3CCCCC3N3C(CCC(=O)NCCN4CCN(c5cc(Cl)ccc5C)CC4)=NNC23)cc1. The molecule has 2 N–H and O–H groups in total. The first-order valence-electron chi connectivity index (χ1n) is 15.8. The van der Waals surface area contributed by atoms with Crippen LogP contribution in [0.1, 0.15) is 55.2 Å². The van der Waals surface area contributed by atoms with E-state index in [2.05, 4.69) is 80.8 Å². The van der Waals surface area contributed by atoms with Crippen LogP contribution in [0.25, 0.3) is 0 Å². The van der Waals surface area contributed by atoms with Crippen LogP contribution in [-0.4, -0.2) is 83.9 Å². The van der Waals surface area contributed by atoms with E-state index >= 15 is 0 Å². The van der Waals surface area contributed by atoms with Gasteiger partial charge in [0.15, 0.2) is 6.29 Å². The number of piperazine rings is 1. The molecule has 0 bridgehead atoms. The minimum absolute atomic E-state index is 0.0161. The number of benzene rings is 2. The van der Waals surface area contributed by atoms with Gasteiger partial charge in [0.25, 0.3) is 0 Å². The first-order valence-corrected chi connectivity index (χ1v) is 16.2. The zero-order valence-electron chi connectivity index (χ0n) is 25.4. The molecule has 3 heterocycles. The van der Waals surface area contributed by atoms with Gasteiger partial charge in [-0.25, -0.2) is 0 Å². The van der Waals surface area contributed by atoms with Crippen LogP contribution >= 0.6 is 11.6 Å². The van der Waals surface area contributed by atoms with E-state index in [-0.39, 0.29) is 30.1 Å². The zero-order valence-corrected chi connectivity index (χ0v) is 26.2. The molecule has 0 radical (unpaired) electrons. The first-order chi connectivity index (χ1) is 20.9. The molecule has 2 aromatic carbocycles. The maximum absolute atomic E-state index is 13.6. The summed E-state index contributed by atoms with van der Waals surface area (Å²) in [5.41, 5.74) is 8.03. The van der Waals surface area contributed by atoms with Crippen molar-refractivity contribution in [2.24, 2.45) is 11.0 Å². The number of amides is 2. The molecule has 3 aliphatic heterocycles. The highest BCUT2D eigenvalue weighted by Gasteiger charge is 2.50. The summed E-state index contributed by atoms with van der Waals surface area (Å²) in [6.45, 7) is 10.0. The number of hydrogen-bond donors (Lipinski definition) is 2. The van der Waals surface area contributed by atoms with E-state index in [9.17, 15) is 9.59 Å². The van der Waals surface area contributed by atoms with Crippen LogP contribution in [0.4, 0.5) is 5.69 Å². The van der Waals surface area contributed by atoms with Crippen molar-refractivity contribution >= 4 is 34.9 Å². The Morgan fingerprint density at radius 1 is 1.05 bits per heavy atom. The predicted octanol–water partition coefficient (Wildman–Crippen LogP) is 4.08. The molecule has 2 saturated heterocycles. The molecule has 9 nitrogen and oxygen atoms in total. The van der Waals surface area contributed by atoms with Gasteiger partial charge in [-0.1, -0.05) is 60.3 Å². The average Bonchev–Trinajstić information content (AvgIpc) is 3.45. The lowest BCUT2D eigenvalue weighted by molar-refractivity contribution is -0.156. The third kappa shape index (κ3) is 6.63. The number of carbonyl (C=O) groups excluding carboxylic acids is 2. The van der Waals surface area contributed by atoms with E-state index < -0.39 is 0 Å². The minimum atomic E-state index is -0.291. The molecule has 4 aliphatic rings. The molecule has 1 aliphatic carbocycles. The Kier molecular flexibility index (Phi) is 9.09. The lowest BCUT2D eigenvalue weighted by Crippen LogP contribution is -2.67. The summed E-state index contributed by atoms with van der Waals surface area (Å²) in [5.74, 6) is 1.14. The van der Waals surface area contributed by atoms with E-state index in [1.807, 2.05) is 11.0 Å². The number of rotatable bonds is 9. The molecule has 2 amide bonds. The highest BCUT2D eigenvalue weighted by molar-refractivity contribution is 6.30. The first kappa shape index (κ1) is 29.8. The number of anilines is 1. The van der Waals surface area contributed by atoms with Crippen molar-refractivity contribution in [2.75, 3.05) is 44.2 Å². The van der Waals surface area contributed by atoms with Crippen LogP contribution in [0.3, 0.4) is 0 Å². The van der Waals surface area contributed by atoms with Crippen LogP contribution in [0, 0.1) is 19.8 Å². The quantitative estimate of drug-likeness (QED) is 0.448. The molecule has 230 valence electrons. The Morgan fingerprint density at radius 3 is 2.60 bits per heavy atom. The predicted molar refractivity (Wildman–Crippen MR) is 171 cm³/mol. The molecule has 0 spiro atoms. The molecular formula is C33H44ClN7O2. The molecule has 10 heteroatoms. The van der Waals surface area contributed by atoms with Gasteiger partial charge in [-0.15, -0.1) is 0 Å². The lowest BCUT2D eigenvalue weighted by Gasteiger charge is -2.50. The van der Waals surface area contributed by atoms with Gasteiger partial charge in [-0.05, 0) is 49.9 Å². The van der Waals surface area contributed by atoms with Crippen molar-refractivity contribution in [3.05, 3.63) is 64.2 Å². The number of hydrazone groups is 1. The third-order valence-corrected chi connectivity index (χ3v) is 9.77. The summed E-state index contributed by atoms with van der Waals surface area (Å²) in [6, 6.07) is 14.6. The van der Waals surface area contributed by atoms with Gasteiger partial charge in [0.2, 0.25) is 11.8 Å². The number of amidine groups is 1. The van der Waals surface area contributed by atoms with Crippen LogP contribution in [0.2, 0.25) is 5.02 Å². The van der Waals surface area contributed by atoms with Gasteiger partial charge in [0.1, 0.15) is 5.84 Å². The average molecular weight is 606 g/mol. The highest BCUT2D eigenvalue weighted by Crippen LogP contribution is 2.38. The summed E-state index contributed by atoms with van der Waals surface area (Å²) < 4.78 is 0. The largest absolute Gasteiger partial charge is 0.369 e. The summed E-state index contributed by atoms with van der Waals surface area (Å²) in [6.07, 6.45) is 4.76. The lowest BCUT2D eigenvalue weighted by atomic mass is 9.80. The maximum atomic E-state index is 13.6. The molecule has 1 saturated carbocycles. The second kappa shape index (κ2) is 13.1. The van der Waals surface area contributed by atoms with Crippen LogP contribution in [-0.2, 0) is 16.1 Å². The topological polar surface area (TPSA) is 83.5 Å². The normalized spacial score (nSPS) is 23.9. The molecule has 2 aromatic rings. The van der Waals surface area contributed by atoms with Crippen LogP contribution < -0.4 is 15.6 Å². The Hall–Kier alpha value is -3.30. The summed E-state index contributed by atoms with van der Waals surface area (Å²) in [7, 11) is 0. The summed E-state index contributed by atoms with van der Waals surface area (Å²) in [5, 5.41) is 8.57. The van der Waals surface area contributed by atoms with Crippen LogP contribution in [0.5, 0.6) is 0 Å². The molecule has 3 unspecified atom stereocenters. The Balaban J connectivity index is 0.986. The second-order valence-electron chi connectivity index (χ2n) is 12.5. The molecular weight excluding hydrogens is 562 g/mol. The van der Waals surface area contributed by atoms with Crippen molar-refractivity contribution in [2.45, 2.75) is 71.2 Å². The Morgan fingerprint density at radius 2 is 1.81 bits per heavy atom. The summed E-state index contributed by atoms with van der Waals surface area (Å²) in [4.78, 5) is 35.6. The number of nitrogens with zero attached hydrogens (tertiary/aromatic N) is 5. The molecule has 3 fully saturated rings. The van der Waals surface area contributed by atoms with E-state index in [0.717, 1.165) is 74.8 Å². The number of carbonyl (C=O) groups is 2. The van der Waals surface area contributed by atoms with Gasteiger partial charge in [0, 0.05) is 75.4 Å². The fourth-order valence-electron chi connectivity index (χ4n) is 7.09. The van der Waals surface area contributed by atoms with Gasteiger partial charge in [0.05, 0.1) is 5.92 Å². The van der Waals surface area contributed by atoms with E-state index in [4.69, 9.17) is 11.6 Å². The maximum Gasteiger partial charge on any atom is 0.231 e. The standard InChI is InChI=1S/C33H44ClN7O2/c1-23-7-10-25(11-8-23)22-40-32(43)27-5-3-4-6-28(27)41-30(36-37-33(40)41)13-14-31(42)35-15-16-38-17-19-39(20-18-38)29-21-26(34)12-9-24(29)2/h7-12,21,27-28,33,37H,3-6,13-20,22H2,1-2H3,(H,35,42). The van der Waals surface area contributed by atoms with Crippen molar-refractivity contribution in [3.63, 3.8) is 0 Å². The van der Waals surface area contributed by atoms with Gasteiger partial charge in [-0.3, -0.25) is 24.8 Å². The highest BCUT2D eigenvalue weighted by atomic mass is 35.5.